The Hall–Kier alpha value is 0.440. The van der Waals surface area contributed by atoms with Crippen molar-refractivity contribution < 1.29 is 5.11 Å². The topological polar surface area (TPSA) is 20.2 Å². The maximum Gasteiger partial charge on any atom is 0.0538 e. The first-order valence-corrected chi connectivity index (χ1v) is 4.17. The van der Waals surface area contributed by atoms with Crippen molar-refractivity contribution in [3.63, 3.8) is 0 Å². The van der Waals surface area contributed by atoms with Crippen LogP contribution in [-0.2, 0) is 0 Å². The van der Waals surface area contributed by atoms with Gasteiger partial charge in [-0.05, 0) is 19.3 Å². The van der Waals surface area contributed by atoms with Crippen LogP contribution in [0.2, 0.25) is 0 Å². The van der Waals surface area contributed by atoms with Gasteiger partial charge in [0.25, 0.3) is 0 Å². The lowest BCUT2D eigenvalue weighted by Gasteiger charge is -2.03. The Balaban J connectivity index is 2.86. The molecule has 0 aromatic carbocycles. The molecule has 2 heteroatoms. The van der Waals surface area contributed by atoms with Crippen molar-refractivity contribution in [2.24, 2.45) is 0 Å². The van der Waals surface area contributed by atoms with Crippen LogP contribution in [0.25, 0.3) is 0 Å². The van der Waals surface area contributed by atoms with Crippen molar-refractivity contribution in [3.8, 4) is 0 Å². The quantitative estimate of drug-likeness (QED) is 0.657. The van der Waals surface area contributed by atoms with Crippen LogP contribution in [0.1, 0.15) is 26.2 Å². The minimum absolute atomic E-state index is 0.0763. The highest BCUT2D eigenvalue weighted by Gasteiger charge is 1.96. The summed E-state index contributed by atoms with van der Waals surface area (Å²) in [5.41, 5.74) is 0. The third-order valence-electron chi connectivity index (χ3n) is 1.14. The van der Waals surface area contributed by atoms with Crippen molar-refractivity contribution >= 4 is 15.9 Å². The number of alkyl halides is 1. The third kappa shape index (κ3) is 4.60. The Labute approximate surface area is 59.2 Å². The van der Waals surface area contributed by atoms with Gasteiger partial charge in [0.05, 0.1) is 6.10 Å². The highest BCUT2D eigenvalue weighted by Crippen LogP contribution is 2.01. The van der Waals surface area contributed by atoms with Gasteiger partial charge in [0.15, 0.2) is 0 Å². The van der Waals surface area contributed by atoms with E-state index < -0.39 is 0 Å². The molecule has 50 valence electrons. The minimum atomic E-state index is -0.0763. The van der Waals surface area contributed by atoms with Gasteiger partial charge >= 0.3 is 0 Å². The summed E-state index contributed by atoms with van der Waals surface area (Å²) < 4.78 is 0. The molecule has 0 rings (SSSR count). The van der Waals surface area contributed by atoms with Crippen LogP contribution in [0.5, 0.6) is 0 Å². The molecule has 1 atom stereocenters. The summed E-state index contributed by atoms with van der Waals surface area (Å²) in [4.78, 5) is 0. The van der Waals surface area contributed by atoms with Crippen molar-refractivity contribution in [1.82, 2.24) is 0 Å². The molecule has 0 aliphatic carbocycles. The van der Waals surface area contributed by atoms with Gasteiger partial charge < -0.3 is 5.11 Å². The molecule has 0 aliphatic rings. The molecule has 0 heterocycles. The number of aliphatic hydroxyl groups excluding tert-OH is 1. The van der Waals surface area contributed by atoms with Crippen molar-refractivity contribution in [2.75, 3.05) is 5.33 Å². The third-order valence-corrected chi connectivity index (χ3v) is 1.70. The zero-order valence-electron chi connectivity index (χ0n) is 5.23. The van der Waals surface area contributed by atoms with E-state index in [1.165, 1.54) is 0 Å². The normalized spacial score (nSPS) is 13.9. The molecule has 0 spiro atoms. The number of rotatable bonds is 4. The standard InChI is InChI=1S/C6H13BrO/c1-2-6(8)4-3-5-7/h6,8H,2-5H2,1H3/t6-/m0/s1. The first-order valence-electron chi connectivity index (χ1n) is 3.05. The van der Waals surface area contributed by atoms with E-state index in [9.17, 15) is 0 Å². The molecule has 0 saturated heterocycles. The van der Waals surface area contributed by atoms with Gasteiger partial charge in [0, 0.05) is 5.33 Å². The monoisotopic (exact) mass is 180 g/mol. The molecular formula is C6H13BrO. The number of hydrogen-bond acceptors (Lipinski definition) is 1. The molecule has 1 N–H and O–H groups in total. The van der Waals surface area contributed by atoms with Crippen LogP contribution in [-0.4, -0.2) is 16.5 Å². The summed E-state index contributed by atoms with van der Waals surface area (Å²) in [6.07, 6.45) is 2.82. The maximum absolute atomic E-state index is 8.97. The summed E-state index contributed by atoms with van der Waals surface area (Å²) in [5, 5.41) is 9.97. The van der Waals surface area contributed by atoms with Gasteiger partial charge in [-0.25, -0.2) is 0 Å². The predicted molar refractivity (Wildman–Crippen MR) is 39.3 cm³/mol. The van der Waals surface area contributed by atoms with Crippen molar-refractivity contribution in [1.29, 1.82) is 0 Å². The largest absolute Gasteiger partial charge is 0.393 e. The molecule has 0 aromatic heterocycles. The minimum Gasteiger partial charge on any atom is -0.393 e. The lowest BCUT2D eigenvalue weighted by atomic mass is 10.2. The molecule has 0 amide bonds. The van der Waals surface area contributed by atoms with E-state index >= 15 is 0 Å². The van der Waals surface area contributed by atoms with Crippen LogP contribution >= 0.6 is 15.9 Å². The summed E-state index contributed by atoms with van der Waals surface area (Å²) in [5.74, 6) is 0. The lowest BCUT2D eigenvalue weighted by Crippen LogP contribution is -2.03. The zero-order chi connectivity index (χ0) is 6.41. The van der Waals surface area contributed by atoms with Crippen LogP contribution in [0.3, 0.4) is 0 Å². The van der Waals surface area contributed by atoms with Gasteiger partial charge in [-0.2, -0.15) is 0 Å². The fraction of sp³-hybridized carbons (Fsp3) is 1.00. The van der Waals surface area contributed by atoms with Crippen molar-refractivity contribution in [2.45, 2.75) is 32.3 Å². The Kier molecular flexibility index (Phi) is 5.88. The van der Waals surface area contributed by atoms with Crippen LogP contribution in [0, 0.1) is 0 Å². The maximum atomic E-state index is 8.97. The molecule has 0 bridgehead atoms. The second-order valence-electron chi connectivity index (χ2n) is 1.89. The van der Waals surface area contributed by atoms with Crippen LogP contribution < -0.4 is 0 Å². The highest BCUT2D eigenvalue weighted by atomic mass is 79.9. The van der Waals surface area contributed by atoms with Gasteiger partial charge in [-0.3, -0.25) is 0 Å². The number of aliphatic hydroxyl groups is 1. The Morgan fingerprint density at radius 3 is 2.62 bits per heavy atom. The molecule has 8 heavy (non-hydrogen) atoms. The average Bonchev–Trinajstić information content (AvgIpc) is 1.83. The fourth-order valence-electron chi connectivity index (χ4n) is 0.517. The van der Waals surface area contributed by atoms with E-state index in [4.69, 9.17) is 5.11 Å². The number of hydrogen-bond donors (Lipinski definition) is 1. The molecule has 1 nitrogen and oxygen atoms in total. The van der Waals surface area contributed by atoms with E-state index in [1.54, 1.807) is 0 Å². The lowest BCUT2D eigenvalue weighted by molar-refractivity contribution is 0.160. The number of halogens is 1. The van der Waals surface area contributed by atoms with E-state index in [2.05, 4.69) is 15.9 Å². The molecule has 0 saturated carbocycles. The zero-order valence-corrected chi connectivity index (χ0v) is 6.82. The summed E-state index contributed by atoms with van der Waals surface area (Å²) in [7, 11) is 0. The molecule has 0 unspecified atom stereocenters. The Bertz CT molecular complexity index is 47.8. The fourth-order valence-corrected chi connectivity index (χ4v) is 0.841. The summed E-state index contributed by atoms with van der Waals surface area (Å²) in [6.45, 7) is 2.00. The smallest absolute Gasteiger partial charge is 0.0538 e. The Morgan fingerprint density at radius 2 is 2.25 bits per heavy atom. The molecule has 0 fully saturated rings. The summed E-state index contributed by atoms with van der Waals surface area (Å²) in [6, 6.07) is 0. The molecule has 0 aliphatic heterocycles. The first-order chi connectivity index (χ1) is 3.81. The SMILES string of the molecule is CC[C@H](O)CCCBr. The van der Waals surface area contributed by atoms with Crippen molar-refractivity contribution in [3.05, 3.63) is 0 Å². The highest BCUT2D eigenvalue weighted by molar-refractivity contribution is 9.09. The second-order valence-corrected chi connectivity index (χ2v) is 2.69. The van der Waals surface area contributed by atoms with Gasteiger partial charge in [0.2, 0.25) is 0 Å². The van der Waals surface area contributed by atoms with Gasteiger partial charge in [-0.15, -0.1) is 0 Å². The van der Waals surface area contributed by atoms with E-state index in [-0.39, 0.29) is 6.10 Å². The van der Waals surface area contributed by atoms with Gasteiger partial charge in [0.1, 0.15) is 0 Å². The van der Waals surface area contributed by atoms with Crippen LogP contribution in [0.15, 0.2) is 0 Å². The second kappa shape index (κ2) is 5.57. The first kappa shape index (κ1) is 8.44. The molecule has 0 aromatic rings. The summed E-state index contributed by atoms with van der Waals surface area (Å²) >= 11 is 3.30. The van der Waals surface area contributed by atoms with Crippen LogP contribution in [0.4, 0.5) is 0 Å². The molecule has 0 radical (unpaired) electrons. The van der Waals surface area contributed by atoms with E-state index in [0.29, 0.717) is 0 Å². The average molecular weight is 181 g/mol. The van der Waals surface area contributed by atoms with Gasteiger partial charge in [-0.1, -0.05) is 22.9 Å². The van der Waals surface area contributed by atoms with E-state index in [1.807, 2.05) is 6.92 Å². The Morgan fingerprint density at radius 1 is 1.62 bits per heavy atom. The molecular weight excluding hydrogens is 168 g/mol. The van der Waals surface area contributed by atoms with E-state index in [0.717, 1.165) is 24.6 Å². The predicted octanol–water partition coefficient (Wildman–Crippen LogP) is 1.93.